The number of nitrogens with one attached hydrogen (secondary N) is 2. The lowest BCUT2D eigenvalue weighted by molar-refractivity contribution is -0.384. The number of non-ortho nitro benzene ring substituents is 1. The Morgan fingerprint density at radius 3 is 2.52 bits per heavy atom. The first kappa shape index (κ1) is 20.4. The number of carbonyl (C=O) groups excluding carboxylic acids is 2. The highest BCUT2D eigenvalue weighted by atomic mass is 16.6. The molecule has 138 valence electrons. The summed E-state index contributed by atoms with van der Waals surface area (Å²) in [7, 11) is 0. The van der Waals surface area contributed by atoms with Gasteiger partial charge in [-0.25, -0.2) is 4.79 Å². The number of benzene rings is 1. The van der Waals surface area contributed by atoms with Crippen molar-refractivity contribution in [1.29, 1.82) is 0 Å². The van der Waals surface area contributed by atoms with E-state index in [4.69, 9.17) is 9.84 Å². The Bertz CT molecular complexity index is 654. The van der Waals surface area contributed by atoms with Gasteiger partial charge in [-0.3, -0.25) is 14.9 Å². The van der Waals surface area contributed by atoms with Crippen LogP contribution in [0.15, 0.2) is 18.2 Å². The predicted octanol–water partition coefficient (Wildman–Crippen LogP) is 1.46. The number of anilines is 1. The van der Waals surface area contributed by atoms with Gasteiger partial charge in [-0.1, -0.05) is 0 Å². The van der Waals surface area contributed by atoms with Gasteiger partial charge in [0.2, 0.25) is 0 Å². The quantitative estimate of drug-likeness (QED) is 0.384. The zero-order valence-electron chi connectivity index (χ0n) is 14.7. The van der Waals surface area contributed by atoms with Crippen molar-refractivity contribution in [2.75, 3.05) is 18.5 Å². The van der Waals surface area contributed by atoms with Gasteiger partial charge in [0.15, 0.2) is 6.10 Å². The molecule has 1 amide bonds. The SMILES string of the molecule is C[C@H](OC(=O)c1cc([N+](=O)[O-])ccc1NCCO)C(=O)NC(C)(C)C. The molecule has 0 aliphatic heterocycles. The summed E-state index contributed by atoms with van der Waals surface area (Å²) >= 11 is 0. The second-order valence-electron chi connectivity index (χ2n) is 6.42. The van der Waals surface area contributed by atoms with Crippen molar-refractivity contribution in [2.24, 2.45) is 0 Å². The van der Waals surface area contributed by atoms with E-state index in [-0.39, 0.29) is 30.1 Å². The lowest BCUT2D eigenvalue weighted by Crippen LogP contribution is -2.46. The molecule has 0 bridgehead atoms. The Balaban J connectivity index is 2.99. The third kappa shape index (κ3) is 6.38. The van der Waals surface area contributed by atoms with Crippen LogP contribution in [0.3, 0.4) is 0 Å². The molecule has 9 nitrogen and oxygen atoms in total. The standard InChI is InChI=1S/C16H23N3O6/c1-10(14(21)18-16(2,3)4)25-15(22)12-9-11(19(23)24)5-6-13(12)17-7-8-20/h5-6,9-10,17,20H,7-8H2,1-4H3,(H,18,21)/t10-/m0/s1. The van der Waals surface area contributed by atoms with Crippen molar-refractivity contribution < 1.29 is 24.4 Å². The second-order valence-corrected chi connectivity index (χ2v) is 6.42. The van der Waals surface area contributed by atoms with E-state index >= 15 is 0 Å². The highest BCUT2D eigenvalue weighted by Gasteiger charge is 2.25. The normalized spacial score (nSPS) is 12.2. The van der Waals surface area contributed by atoms with Gasteiger partial charge in [-0.05, 0) is 33.8 Å². The average molecular weight is 353 g/mol. The molecule has 0 aliphatic carbocycles. The second kappa shape index (κ2) is 8.43. The van der Waals surface area contributed by atoms with Crippen molar-refractivity contribution in [3.63, 3.8) is 0 Å². The number of ether oxygens (including phenoxy) is 1. The molecule has 0 radical (unpaired) electrons. The summed E-state index contributed by atoms with van der Waals surface area (Å²) in [5.41, 5.74) is -0.587. The topological polar surface area (TPSA) is 131 Å². The number of amides is 1. The minimum Gasteiger partial charge on any atom is -0.449 e. The summed E-state index contributed by atoms with van der Waals surface area (Å²) in [6.45, 7) is 6.75. The van der Waals surface area contributed by atoms with Crippen molar-refractivity contribution >= 4 is 23.3 Å². The summed E-state index contributed by atoms with van der Waals surface area (Å²) < 4.78 is 5.12. The molecule has 25 heavy (non-hydrogen) atoms. The molecule has 1 rings (SSSR count). The Kier molecular flexibility index (Phi) is 6.86. The maximum absolute atomic E-state index is 12.4. The highest BCUT2D eigenvalue weighted by Crippen LogP contribution is 2.23. The van der Waals surface area contributed by atoms with E-state index in [0.29, 0.717) is 0 Å². The van der Waals surface area contributed by atoms with Crippen molar-refractivity contribution in [3.05, 3.63) is 33.9 Å². The summed E-state index contributed by atoms with van der Waals surface area (Å²) in [6.07, 6.45) is -1.07. The van der Waals surface area contributed by atoms with E-state index in [2.05, 4.69) is 10.6 Å². The van der Waals surface area contributed by atoms with E-state index < -0.39 is 28.4 Å². The zero-order chi connectivity index (χ0) is 19.2. The van der Waals surface area contributed by atoms with Crippen LogP contribution in [-0.4, -0.2) is 46.7 Å². The summed E-state index contributed by atoms with van der Waals surface area (Å²) in [6, 6.07) is 3.65. The Labute approximate surface area is 145 Å². The maximum atomic E-state index is 12.4. The number of nitro benzene ring substituents is 1. The van der Waals surface area contributed by atoms with Crippen molar-refractivity contribution in [3.8, 4) is 0 Å². The van der Waals surface area contributed by atoms with Crippen LogP contribution >= 0.6 is 0 Å². The van der Waals surface area contributed by atoms with Crippen molar-refractivity contribution in [1.82, 2.24) is 5.32 Å². The van der Waals surface area contributed by atoms with E-state index in [1.165, 1.54) is 19.1 Å². The number of aliphatic hydroxyl groups excluding tert-OH is 1. The number of hydrogen-bond acceptors (Lipinski definition) is 7. The van der Waals surface area contributed by atoms with E-state index in [0.717, 1.165) is 6.07 Å². The predicted molar refractivity (Wildman–Crippen MR) is 91.4 cm³/mol. The highest BCUT2D eigenvalue weighted by molar-refractivity contribution is 5.98. The first-order valence-electron chi connectivity index (χ1n) is 7.71. The van der Waals surface area contributed by atoms with Gasteiger partial charge in [0.05, 0.1) is 17.1 Å². The smallest absolute Gasteiger partial charge is 0.341 e. The van der Waals surface area contributed by atoms with Gasteiger partial charge in [-0.2, -0.15) is 0 Å². The molecule has 0 unspecified atom stereocenters. The van der Waals surface area contributed by atoms with Crippen LogP contribution in [0.4, 0.5) is 11.4 Å². The van der Waals surface area contributed by atoms with Crippen LogP contribution < -0.4 is 10.6 Å². The first-order chi connectivity index (χ1) is 11.5. The number of esters is 1. The summed E-state index contributed by atoms with van der Waals surface area (Å²) in [5, 5.41) is 25.3. The molecule has 0 aromatic heterocycles. The molecule has 0 spiro atoms. The first-order valence-corrected chi connectivity index (χ1v) is 7.71. The number of hydrogen-bond donors (Lipinski definition) is 3. The molecule has 9 heteroatoms. The number of nitro groups is 1. The molecular formula is C16H23N3O6. The van der Waals surface area contributed by atoms with Gasteiger partial charge in [0.25, 0.3) is 11.6 Å². The van der Waals surface area contributed by atoms with Gasteiger partial charge < -0.3 is 20.5 Å². The lowest BCUT2D eigenvalue weighted by atomic mass is 10.1. The van der Waals surface area contributed by atoms with Crippen molar-refractivity contribution in [2.45, 2.75) is 39.3 Å². The van der Waals surface area contributed by atoms with Gasteiger partial charge in [-0.15, -0.1) is 0 Å². The van der Waals surface area contributed by atoms with Gasteiger partial charge >= 0.3 is 5.97 Å². The van der Waals surface area contributed by atoms with Crippen LogP contribution in [0.1, 0.15) is 38.1 Å². The molecule has 1 aromatic rings. The lowest BCUT2D eigenvalue weighted by Gasteiger charge is -2.23. The molecule has 0 heterocycles. The average Bonchev–Trinajstić information content (AvgIpc) is 2.50. The molecular weight excluding hydrogens is 330 g/mol. The third-order valence-corrected chi connectivity index (χ3v) is 3.01. The van der Waals surface area contributed by atoms with Crippen LogP contribution in [0.2, 0.25) is 0 Å². The Morgan fingerprint density at radius 2 is 2.00 bits per heavy atom. The van der Waals surface area contributed by atoms with E-state index in [1.807, 2.05) is 0 Å². The summed E-state index contributed by atoms with van der Waals surface area (Å²) in [4.78, 5) is 34.6. The summed E-state index contributed by atoms with van der Waals surface area (Å²) in [5.74, 6) is -1.35. The number of aliphatic hydroxyl groups is 1. The Morgan fingerprint density at radius 1 is 1.36 bits per heavy atom. The van der Waals surface area contributed by atoms with Crippen LogP contribution in [0, 0.1) is 10.1 Å². The molecule has 1 atom stereocenters. The number of nitrogens with zero attached hydrogens (tertiary/aromatic N) is 1. The molecule has 0 fully saturated rings. The monoisotopic (exact) mass is 353 g/mol. The van der Waals surface area contributed by atoms with Gasteiger partial charge in [0, 0.05) is 29.9 Å². The molecule has 3 N–H and O–H groups in total. The third-order valence-electron chi connectivity index (χ3n) is 3.01. The van der Waals surface area contributed by atoms with Gasteiger partial charge in [0.1, 0.15) is 0 Å². The molecule has 0 aliphatic rings. The molecule has 0 saturated carbocycles. The zero-order valence-corrected chi connectivity index (χ0v) is 14.7. The largest absolute Gasteiger partial charge is 0.449 e. The Hall–Kier alpha value is -2.68. The number of carbonyl (C=O) groups is 2. The molecule has 0 saturated heterocycles. The minimum absolute atomic E-state index is 0.0851. The van der Waals surface area contributed by atoms with Crippen LogP contribution in [0.25, 0.3) is 0 Å². The fraction of sp³-hybridized carbons (Fsp3) is 0.500. The fourth-order valence-electron chi connectivity index (χ4n) is 1.91. The van der Waals surface area contributed by atoms with Crippen LogP contribution in [-0.2, 0) is 9.53 Å². The minimum atomic E-state index is -1.07. The van der Waals surface area contributed by atoms with E-state index in [1.54, 1.807) is 20.8 Å². The van der Waals surface area contributed by atoms with E-state index in [9.17, 15) is 19.7 Å². The maximum Gasteiger partial charge on any atom is 0.341 e. The fourth-order valence-corrected chi connectivity index (χ4v) is 1.91. The van der Waals surface area contributed by atoms with Crippen LogP contribution in [0.5, 0.6) is 0 Å². The number of rotatable bonds is 7. The molecule has 1 aromatic carbocycles.